The first-order valence-corrected chi connectivity index (χ1v) is 9.82. The molecule has 3 aromatic carbocycles. The first-order chi connectivity index (χ1) is 14.5. The monoisotopic (exact) mass is 402 g/mol. The van der Waals surface area contributed by atoms with Crippen LogP contribution in [0, 0.1) is 12.8 Å². The molecule has 0 unspecified atom stereocenters. The molecule has 1 heterocycles. The lowest BCUT2D eigenvalue weighted by atomic mass is 10.1. The molecule has 0 saturated carbocycles. The number of ether oxygens (including phenoxy) is 1. The Balaban J connectivity index is 1.34. The molecule has 6 nitrogen and oxygen atoms in total. The first kappa shape index (κ1) is 19.6. The Labute approximate surface area is 174 Å². The molecular formula is C24H22N2O4. The van der Waals surface area contributed by atoms with E-state index in [0.29, 0.717) is 5.69 Å². The minimum Gasteiger partial charge on any atom is -0.455 e. The average molecular weight is 402 g/mol. The van der Waals surface area contributed by atoms with E-state index in [2.05, 4.69) is 5.32 Å². The van der Waals surface area contributed by atoms with Gasteiger partial charge in [0.2, 0.25) is 5.91 Å². The van der Waals surface area contributed by atoms with Gasteiger partial charge in [-0.15, -0.1) is 0 Å². The van der Waals surface area contributed by atoms with Crippen LogP contribution in [-0.4, -0.2) is 30.9 Å². The highest BCUT2D eigenvalue weighted by Crippen LogP contribution is 2.26. The van der Waals surface area contributed by atoms with Gasteiger partial charge in [0, 0.05) is 29.7 Å². The number of benzene rings is 3. The van der Waals surface area contributed by atoms with Crippen molar-refractivity contribution in [2.24, 2.45) is 5.92 Å². The SMILES string of the molecule is Cc1ccc(N2C[C@@H](C(=O)OCC(=O)Nc3cccc4ccccc34)CC2=O)cc1. The summed E-state index contributed by atoms with van der Waals surface area (Å²) in [4.78, 5) is 38.6. The van der Waals surface area contributed by atoms with Crippen LogP contribution in [-0.2, 0) is 19.1 Å². The summed E-state index contributed by atoms with van der Waals surface area (Å²) in [6.45, 7) is 1.84. The lowest BCUT2D eigenvalue weighted by Gasteiger charge is -2.16. The molecule has 0 aliphatic carbocycles. The van der Waals surface area contributed by atoms with Crippen molar-refractivity contribution in [3.05, 3.63) is 72.3 Å². The van der Waals surface area contributed by atoms with Gasteiger partial charge < -0.3 is 15.0 Å². The van der Waals surface area contributed by atoms with Gasteiger partial charge in [0.1, 0.15) is 0 Å². The molecule has 1 saturated heterocycles. The molecule has 6 heteroatoms. The van der Waals surface area contributed by atoms with E-state index in [1.54, 1.807) is 11.0 Å². The van der Waals surface area contributed by atoms with Crippen molar-refractivity contribution < 1.29 is 19.1 Å². The maximum Gasteiger partial charge on any atom is 0.311 e. The van der Waals surface area contributed by atoms with Gasteiger partial charge in [-0.3, -0.25) is 14.4 Å². The molecule has 4 rings (SSSR count). The van der Waals surface area contributed by atoms with Gasteiger partial charge in [-0.2, -0.15) is 0 Å². The third kappa shape index (κ3) is 4.17. The van der Waals surface area contributed by atoms with Crippen LogP contribution in [0.15, 0.2) is 66.7 Å². The number of nitrogens with one attached hydrogen (secondary N) is 1. The molecule has 1 atom stereocenters. The van der Waals surface area contributed by atoms with Crippen LogP contribution in [0.5, 0.6) is 0 Å². The number of fused-ring (bicyclic) bond motifs is 1. The topological polar surface area (TPSA) is 75.7 Å². The summed E-state index contributed by atoms with van der Waals surface area (Å²) >= 11 is 0. The Morgan fingerprint density at radius 3 is 2.57 bits per heavy atom. The zero-order valence-corrected chi connectivity index (χ0v) is 16.6. The fourth-order valence-corrected chi connectivity index (χ4v) is 3.61. The quantitative estimate of drug-likeness (QED) is 0.661. The second-order valence-corrected chi connectivity index (χ2v) is 7.42. The summed E-state index contributed by atoms with van der Waals surface area (Å²) in [5.41, 5.74) is 2.52. The number of rotatable bonds is 5. The van der Waals surface area contributed by atoms with Crippen LogP contribution < -0.4 is 10.2 Å². The second kappa shape index (κ2) is 8.37. The zero-order valence-electron chi connectivity index (χ0n) is 16.6. The molecule has 0 bridgehead atoms. The van der Waals surface area contributed by atoms with Crippen molar-refractivity contribution in [3.63, 3.8) is 0 Å². The highest BCUT2D eigenvalue weighted by atomic mass is 16.5. The van der Waals surface area contributed by atoms with Crippen LogP contribution in [0.3, 0.4) is 0 Å². The Hall–Kier alpha value is -3.67. The van der Waals surface area contributed by atoms with Crippen LogP contribution in [0.2, 0.25) is 0 Å². The maximum absolute atomic E-state index is 12.4. The van der Waals surface area contributed by atoms with E-state index >= 15 is 0 Å². The van der Waals surface area contributed by atoms with E-state index < -0.39 is 24.4 Å². The summed E-state index contributed by atoms with van der Waals surface area (Å²) in [6.07, 6.45) is 0.0810. The van der Waals surface area contributed by atoms with Crippen molar-refractivity contribution in [1.29, 1.82) is 0 Å². The van der Waals surface area contributed by atoms with Crippen LogP contribution >= 0.6 is 0 Å². The fraction of sp³-hybridized carbons (Fsp3) is 0.208. The van der Waals surface area contributed by atoms with Gasteiger partial charge in [0.15, 0.2) is 6.61 Å². The molecule has 1 fully saturated rings. The molecule has 3 aromatic rings. The average Bonchev–Trinajstić information content (AvgIpc) is 3.14. The van der Waals surface area contributed by atoms with E-state index in [1.807, 2.05) is 67.6 Å². The molecule has 30 heavy (non-hydrogen) atoms. The van der Waals surface area contributed by atoms with E-state index in [4.69, 9.17) is 4.74 Å². The van der Waals surface area contributed by atoms with Crippen molar-refractivity contribution in [2.45, 2.75) is 13.3 Å². The Morgan fingerprint density at radius 2 is 1.77 bits per heavy atom. The summed E-state index contributed by atoms with van der Waals surface area (Å²) < 4.78 is 5.19. The smallest absolute Gasteiger partial charge is 0.311 e. The summed E-state index contributed by atoms with van der Waals surface area (Å²) in [5.74, 6) is -1.66. The van der Waals surface area contributed by atoms with Gasteiger partial charge >= 0.3 is 5.97 Å². The van der Waals surface area contributed by atoms with E-state index in [9.17, 15) is 14.4 Å². The fourth-order valence-electron chi connectivity index (χ4n) is 3.61. The molecule has 0 radical (unpaired) electrons. The van der Waals surface area contributed by atoms with Crippen LogP contribution in [0.4, 0.5) is 11.4 Å². The molecular weight excluding hydrogens is 380 g/mol. The second-order valence-electron chi connectivity index (χ2n) is 7.42. The summed E-state index contributed by atoms with van der Waals surface area (Å²) in [5, 5.41) is 4.71. The molecule has 152 valence electrons. The predicted octanol–water partition coefficient (Wildman–Crippen LogP) is 3.68. The van der Waals surface area contributed by atoms with Crippen molar-refractivity contribution in [2.75, 3.05) is 23.4 Å². The largest absolute Gasteiger partial charge is 0.455 e. The summed E-state index contributed by atoms with van der Waals surface area (Å²) in [7, 11) is 0. The van der Waals surface area contributed by atoms with Gasteiger partial charge in [-0.05, 0) is 30.5 Å². The molecule has 1 aliphatic heterocycles. The van der Waals surface area contributed by atoms with E-state index in [-0.39, 0.29) is 18.9 Å². The molecule has 2 amide bonds. The number of anilines is 2. The number of aryl methyl sites for hydroxylation is 1. The lowest BCUT2D eigenvalue weighted by molar-refractivity contribution is -0.151. The minimum absolute atomic E-state index is 0.0810. The first-order valence-electron chi connectivity index (χ1n) is 9.82. The van der Waals surface area contributed by atoms with Crippen LogP contribution in [0.25, 0.3) is 10.8 Å². The number of amides is 2. The van der Waals surface area contributed by atoms with Crippen molar-refractivity contribution in [1.82, 2.24) is 0 Å². The third-order valence-corrected chi connectivity index (χ3v) is 5.21. The Kier molecular flexibility index (Phi) is 5.48. The summed E-state index contributed by atoms with van der Waals surface area (Å²) in [6, 6.07) is 20.9. The number of esters is 1. The van der Waals surface area contributed by atoms with Gasteiger partial charge in [-0.25, -0.2) is 0 Å². The third-order valence-electron chi connectivity index (χ3n) is 5.21. The van der Waals surface area contributed by atoms with Gasteiger partial charge in [0.05, 0.1) is 5.92 Å². The van der Waals surface area contributed by atoms with Gasteiger partial charge in [-0.1, -0.05) is 54.1 Å². The lowest BCUT2D eigenvalue weighted by Crippen LogP contribution is -2.28. The number of carbonyl (C=O) groups excluding carboxylic acids is 3. The zero-order chi connectivity index (χ0) is 21.1. The highest BCUT2D eigenvalue weighted by Gasteiger charge is 2.36. The molecule has 1 aliphatic rings. The van der Waals surface area contributed by atoms with E-state index in [0.717, 1.165) is 22.0 Å². The Morgan fingerprint density at radius 1 is 1.03 bits per heavy atom. The van der Waals surface area contributed by atoms with Crippen LogP contribution in [0.1, 0.15) is 12.0 Å². The van der Waals surface area contributed by atoms with Crippen molar-refractivity contribution in [3.8, 4) is 0 Å². The molecule has 0 spiro atoms. The number of hydrogen-bond donors (Lipinski definition) is 1. The highest BCUT2D eigenvalue weighted by molar-refractivity contribution is 6.03. The number of nitrogens with zero attached hydrogens (tertiary/aromatic N) is 1. The normalized spacial score (nSPS) is 16.0. The van der Waals surface area contributed by atoms with Crippen molar-refractivity contribution >= 4 is 39.9 Å². The van der Waals surface area contributed by atoms with Gasteiger partial charge in [0.25, 0.3) is 5.91 Å². The Bertz CT molecular complexity index is 1100. The predicted molar refractivity (Wildman–Crippen MR) is 115 cm³/mol. The number of carbonyl (C=O) groups is 3. The minimum atomic E-state index is -0.579. The molecule has 1 N–H and O–H groups in total. The standard InChI is InChI=1S/C24H22N2O4/c1-16-9-11-19(12-10-16)26-14-18(13-23(26)28)24(29)30-15-22(27)25-21-8-4-6-17-5-2-3-7-20(17)21/h2-12,18H,13-15H2,1H3,(H,25,27)/t18-/m0/s1. The molecule has 0 aromatic heterocycles. The maximum atomic E-state index is 12.4. The number of hydrogen-bond acceptors (Lipinski definition) is 4. The van der Waals surface area contributed by atoms with E-state index in [1.165, 1.54) is 0 Å².